The van der Waals surface area contributed by atoms with Crippen molar-refractivity contribution in [3.63, 3.8) is 0 Å². The Bertz CT molecular complexity index is 611. The molecule has 0 amide bonds. The molecule has 0 aliphatic heterocycles. The summed E-state index contributed by atoms with van der Waals surface area (Å²) in [5.41, 5.74) is 0.264. The van der Waals surface area contributed by atoms with Gasteiger partial charge in [-0.3, -0.25) is 4.79 Å². The van der Waals surface area contributed by atoms with Crippen molar-refractivity contribution in [1.29, 1.82) is 5.26 Å². The van der Waals surface area contributed by atoms with E-state index >= 15 is 0 Å². The zero-order valence-electron chi connectivity index (χ0n) is 15.9. The van der Waals surface area contributed by atoms with E-state index in [0.717, 1.165) is 6.42 Å². The quantitative estimate of drug-likeness (QED) is 0.496. The SMILES string of the molecule is CC(C)CC(C(C)C)C(OC(=O)C(C#N)c1cc(Cl)ncn1)C(C)C. The molecule has 0 saturated carbocycles. The molecule has 0 aromatic carbocycles. The van der Waals surface area contributed by atoms with Crippen LogP contribution in [0.4, 0.5) is 0 Å². The first-order valence-electron chi connectivity index (χ1n) is 8.74. The van der Waals surface area contributed by atoms with Crippen LogP contribution in [0.25, 0.3) is 0 Å². The molecule has 6 heteroatoms. The third kappa shape index (κ3) is 6.28. The Morgan fingerprint density at radius 1 is 1.20 bits per heavy atom. The Morgan fingerprint density at radius 2 is 1.84 bits per heavy atom. The van der Waals surface area contributed by atoms with Crippen LogP contribution in [0.15, 0.2) is 12.4 Å². The molecule has 0 bridgehead atoms. The van der Waals surface area contributed by atoms with E-state index in [0.29, 0.717) is 11.8 Å². The van der Waals surface area contributed by atoms with E-state index in [-0.39, 0.29) is 28.8 Å². The van der Waals surface area contributed by atoms with Crippen molar-refractivity contribution in [1.82, 2.24) is 9.97 Å². The molecule has 0 aliphatic carbocycles. The molecule has 25 heavy (non-hydrogen) atoms. The predicted octanol–water partition coefficient (Wildman–Crippen LogP) is 4.62. The number of carbonyl (C=O) groups excluding carboxylic acids is 1. The number of hydrogen-bond donors (Lipinski definition) is 0. The summed E-state index contributed by atoms with van der Waals surface area (Å²) < 4.78 is 5.82. The summed E-state index contributed by atoms with van der Waals surface area (Å²) in [6.45, 7) is 12.7. The number of hydrogen-bond acceptors (Lipinski definition) is 5. The maximum Gasteiger partial charge on any atom is 0.329 e. The monoisotopic (exact) mass is 365 g/mol. The molecule has 1 aromatic rings. The van der Waals surface area contributed by atoms with Crippen molar-refractivity contribution in [2.75, 3.05) is 0 Å². The van der Waals surface area contributed by atoms with E-state index in [1.54, 1.807) is 0 Å². The molecule has 0 aliphatic rings. The van der Waals surface area contributed by atoms with Crippen molar-refractivity contribution in [3.8, 4) is 6.07 Å². The Kier molecular flexibility index (Phi) is 8.31. The lowest BCUT2D eigenvalue weighted by Crippen LogP contribution is -2.36. The van der Waals surface area contributed by atoms with Crippen LogP contribution < -0.4 is 0 Å². The largest absolute Gasteiger partial charge is 0.461 e. The Hall–Kier alpha value is -1.67. The molecule has 0 spiro atoms. The van der Waals surface area contributed by atoms with Crippen molar-refractivity contribution >= 4 is 17.6 Å². The zero-order chi connectivity index (χ0) is 19.1. The minimum absolute atomic E-state index is 0.156. The minimum atomic E-state index is -1.10. The van der Waals surface area contributed by atoms with Crippen LogP contribution in [-0.2, 0) is 9.53 Å². The fraction of sp³-hybridized carbons (Fsp3) is 0.684. The highest BCUT2D eigenvalue weighted by Gasteiger charge is 2.34. The highest BCUT2D eigenvalue weighted by Crippen LogP contribution is 2.31. The molecular formula is C19H28ClN3O2. The van der Waals surface area contributed by atoms with Crippen LogP contribution in [0.1, 0.15) is 59.6 Å². The smallest absolute Gasteiger partial charge is 0.329 e. The van der Waals surface area contributed by atoms with Crippen LogP contribution in [0.2, 0.25) is 5.15 Å². The summed E-state index contributed by atoms with van der Waals surface area (Å²) in [5.74, 6) is -0.420. The predicted molar refractivity (Wildman–Crippen MR) is 97.9 cm³/mol. The maximum absolute atomic E-state index is 12.7. The van der Waals surface area contributed by atoms with E-state index in [2.05, 4.69) is 37.7 Å². The van der Waals surface area contributed by atoms with Crippen LogP contribution >= 0.6 is 11.6 Å². The molecule has 1 rings (SSSR count). The summed E-state index contributed by atoms with van der Waals surface area (Å²) in [6, 6.07) is 3.40. The second-order valence-corrected chi connectivity index (χ2v) is 7.90. The average molecular weight is 366 g/mol. The molecule has 0 fully saturated rings. The summed E-state index contributed by atoms with van der Waals surface area (Å²) in [4.78, 5) is 20.4. The van der Waals surface area contributed by atoms with Gasteiger partial charge >= 0.3 is 5.97 Å². The average Bonchev–Trinajstić information content (AvgIpc) is 2.50. The topological polar surface area (TPSA) is 75.9 Å². The first-order valence-corrected chi connectivity index (χ1v) is 9.12. The number of nitriles is 1. The first-order chi connectivity index (χ1) is 11.7. The van der Waals surface area contributed by atoms with E-state index in [1.165, 1.54) is 12.4 Å². The van der Waals surface area contributed by atoms with Crippen LogP contribution in [0, 0.1) is 35.0 Å². The second-order valence-electron chi connectivity index (χ2n) is 7.51. The van der Waals surface area contributed by atoms with Gasteiger partial charge in [-0.1, -0.05) is 53.1 Å². The summed E-state index contributed by atoms with van der Waals surface area (Å²) in [5, 5.41) is 9.62. The van der Waals surface area contributed by atoms with Crippen molar-refractivity contribution in [2.24, 2.45) is 23.7 Å². The summed E-state index contributed by atoms with van der Waals surface area (Å²) in [7, 11) is 0. The number of esters is 1. The Balaban J connectivity index is 3.03. The fourth-order valence-electron chi connectivity index (χ4n) is 2.99. The normalized spacial score (nSPS) is 15.1. The third-order valence-corrected chi connectivity index (χ3v) is 4.45. The molecule has 0 radical (unpaired) electrons. The maximum atomic E-state index is 12.7. The molecule has 1 heterocycles. The number of aromatic nitrogens is 2. The number of halogens is 1. The van der Waals surface area contributed by atoms with Gasteiger partial charge in [0.25, 0.3) is 0 Å². The molecule has 3 atom stereocenters. The molecule has 0 N–H and O–H groups in total. The van der Waals surface area contributed by atoms with Gasteiger partial charge in [0.2, 0.25) is 0 Å². The van der Waals surface area contributed by atoms with Gasteiger partial charge in [0.15, 0.2) is 5.92 Å². The van der Waals surface area contributed by atoms with Gasteiger partial charge in [-0.25, -0.2) is 9.97 Å². The molecule has 5 nitrogen and oxygen atoms in total. The summed E-state index contributed by atoms with van der Waals surface area (Å²) >= 11 is 5.84. The summed E-state index contributed by atoms with van der Waals surface area (Å²) in [6.07, 6.45) is 1.96. The van der Waals surface area contributed by atoms with E-state index < -0.39 is 11.9 Å². The fourth-order valence-corrected chi connectivity index (χ4v) is 3.15. The zero-order valence-corrected chi connectivity index (χ0v) is 16.6. The van der Waals surface area contributed by atoms with E-state index in [9.17, 15) is 10.1 Å². The lowest BCUT2D eigenvalue weighted by atomic mass is 9.79. The highest BCUT2D eigenvalue weighted by atomic mass is 35.5. The van der Waals surface area contributed by atoms with Gasteiger partial charge in [0, 0.05) is 0 Å². The van der Waals surface area contributed by atoms with E-state index in [4.69, 9.17) is 16.3 Å². The van der Waals surface area contributed by atoms with Crippen molar-refractivity contribution in [2.45, 2.75) is 60.0 Å². The van der Waals surface area contributed by atoms with Gasteiger partial charge in [-0.15, -0.1) is 0 Å². The van der Waals surface area contributed by atoms with Crippen molar-refractivity contribution in [3.05, 3.63) is 23.2 Å². The third-order valence-electron chi connectivity index (χ3n) is 4.25. The first kappa shape index (κ1) is 21.4. The van der Waals surface area contributed by atoms with Gasteiger partial charge in [-0.05, 0) is 36.2 Å². The number of carbonyl (C=O) groups is 1. The standard InChI is InChI=1S/C19H28ClN3O2/c1-11(2)7-14(12(3)4)18(13(5)6)25-19(24)15(9-21)16-8-17(20)23-10-22-16/h8,10-15,18H,7H2,1-6H3. The minimum Gasteiger partial charge on any atom is -0.461 e. The number of rotatable bonds is 8. The molecule has 3 unspecified atom stereocenters. The van der Waals surface area contributed by atoms with E-state index in [1.807, 2.05) is 19.9 Å². The van der Waals surface area contributed by atoms with Crippen LogP contribution in [0.3, 0.4) is 0 Å². The van der Waals surface area contributed by atoms with Crippen LogP contribution in [-0.4, -0.2) is 22.0 Å². The van der Waals surface area contributed by atoms with Gasteiger partial charge in [-0.2, -0.15) is 5.26 Å². The second kappa shape index (κ2) is 9.72. The van der Waals surface area contributed by atoms with Gasteiger partial charge in [0.1, 0.15) is 17.6 Å². The van der Waals surface area contributed by atoms with Gasteiger partial charge in [0.05, 0.1) is 11.8 Å². The molecular weight excluding hydrogens is 338 g/mol. The lowest BCUT2D eigenvalue weighted by molar-refractivity contribution is -0.157. The number of ether oxygens (including phenoxy) is 1. The molecule has 138 valence electrons. The Labute approximate surface area is 155 Å². The van der Waals surface area contributed by atoms with Crippen LogP contribution in [0.5, 0.6) is 0 Å². The lowest BCUT2D eigenvalue weighted by Gasteiger charge is -2.34. The van der Waals surface area contributed by atoms with Crippen molar-refractivity contribution < 1.29 is 9.53 Å². The van der Waals surface area contributed by atoms with Gasteiger partial charge < -0.3 is 4.74 Å². The number of nitrogens with zero attached hydrogens (tertiary/aromatic N) is 3. The molecule has 0 saturated heterocycles. The Morgan fingerprint density at radius 3 is 2.28 bits per heavy atom. The molecule has 1 aromatic heterocycles. The highest BCUT2D eigenvalue weighted by molar-refractivity contribution is 6.29.